The van der Waals surface area contributed by atoms with Crippen LogP contribution in [0.2, 0.25) is 0 Å². The number of fused-ring (bicyclic) bond motifs is 1. The van der Waals surface area contributed by atoms with E-state index in [1.807, 2.05) is 75.6 Å². The van der Waals surface area contributed by atoms with Gasteiger partial charge in [-0.05, 0) is 68.5 Å². The molecule has 0 spiro atoms. The highest BCUT2D eigenvalue weighted by atomic mass is 16.2. The number of rotatable bonds is 12. The number of hydrogen-bond acceptors (Lipinski definition) is 5. The number of carbonyl (C=O) groups excluding carboxylic acids is 3. The first kappa shape index (κ1) is 29.6. The van der Waals surface area contributed by atoms with E-state index < -0.39 is 0 Å². The number of likely N-dealkylation sites (N-methyl/N-ethyl adjacent to an activating group) is 1. The van der Waals surface area contributed by atoms with Crippen molar-refractivity contribution < 1.29 is 14.4 Å². The first-order chi connectivity index (χ1) is 19.8. The maximum atomic E-state index is 13.3. The van der Waals surface area contributed by atoms with E-state index in [-0.39, 0.29) is 17.7 Å². The second-order valence-corrected chi connectivity index (χ2v) is 10.3. The summed E-state index contributed by atoms with van der Waals surface area (Å²) in [7, 11) is 3.97. The van der Waals surface area contributed by atoms with Crippen molar-refractivity contribution in [3.8, 4) is 0 Å². The Hall–Kier alpha value is -4.43. The lowest BCUT2D eigenvalue weighted by atomic mass is 9.98. The van der Waals surface area contributed by atoms with Crippen LogP contribution in [-0.2, 0) is 9.59 Å². The second-order valence-electron chi connectivity index (χ2n) is 10.3. The van der Waals surface area contributed by atoms with Gasteiger partial charge >= 0.3 is 0 Å². The van der Waals surface area contributed by atoms with Crippen LogP contribution < -0.4 is 20.9 Å². The Kier molecular flexibility index (Phi) is 9.92. The van der Waals surface area contributed by atoms with Gasteiger partial charge in [-0.3, -0.25) is 14.4 Å². The molecule has 0 radical (unpaired) electrons. The Labute approximate surface area is 242 Å². The summed E-state index contributed by atoms with van der Waals surface area (Å²) in [5.41, 5.74) is 5.36. The summed E-state index contributed by atoms with van der Waals surface area (Å²) in [6.07, 6.45) is 2.32. The average Bonchev–Trinajstić information content (AvgIpc) is 3.31. The van der Waals surface area contributed by atoms with E-state index >= 15 is 0 Å². The Bertz CT molecular complexity index is 1410. The van der Waals surface area contributed by atoms with Crippen LogP contribution in [-0.4, -0.2) is 56.4 Å². The Morgan fingerprint density at radius 3 is 2.27 bits per heavy atom. The number of unbranched alkanes of at least 4 members (excludes halogenated alkanes) is 1. The Morgan fingerprint density at radius 1 is 0.878 bits per heavy atom. The van der Waals surface area contributed by atoms with Gasteiger partial charge in [-0.1, -0.05) is 50.6 Å². The van der Waals surface area contributed by atoms with Crippen molar-refractivity contribution in [3.05, 3.63) is 89.5 Å². The van der Waals surface area contributed by atoms with E-state index in [1.54, 1.807) is 23.1 Å². The third kappa shape index (κ3) is 7.21. The Balaban J connectivity index is 1.70. The van der Waals surface area contributed by atoms with E-state index in [0.717, 1.165) is 36.3 Å². The standard InChI is InChI=1S/C33H39N5O3/c1-5-7-19-34-32(40)24-13-18-28-27(22-24)30(33(41)36-28)31(23-11-9-8-10-12-23)35-25-14-16-26(17-15-25)38(29(39)6-2)21-20-37(3)4/h8-18,22,35H,5-7,19-21H2,1-4H3,(H,34,40)(H,36,41)/b31-30-. The van der Waals surface area contributed by atoms with Gasteiger partial charge in [0.15, 0.2) is 0 Å². The highest BCUT2D eigenvalue weighted by Crippen LogP contribution is 2.38. The van der Waals surface area contributed by atoms with Crippen LogP contribution in [0.1, 0.15) is 54.6 Å². The van der Waals surface area contributed by atoms with E-state index in [1.165, 1.54) is 0 Å². The van der Waals surface area contributed by atoms with Gasteiger partial charge in [0.05, 0.1) is 11.3 Å². The predicted molar refractivity (Wildman–Crippen MR) is 167 cm³/mol. The molecule has 3 aromatic carbocycles. The lowest BCUT2D eigenvalue weighted by molar-refractivity contribution is -0.118. The molecule has 0 fully saturated rings. The van der Waals surface area contributed by atoms with Crippen molar-refractivity contribution in [3.63, 3.8) is 0 Å². The topological polar surface area (TPSA) is 93.8 Å². The lowest BCUT2D eigenvalue weighted by Crippen LogP contribution is -2.36. The molecule has 41 heavy (non-hydrogen) atoms. The normalized spacial score (nSPS) is 13.4. The van der Waals surface area contributed by atoms with Crippen LogP contribution in [0.5, 0.6) is 0 Å². The average molecular weight is 554 g/mol. The molecule has 0 bridgehead atoms. The quantitative estimate of drug-likeness (QED) is 0.205. The zero-order chi connectivity index (χ0) is 29.4. The van der Waals surface area contributed by atoms with Crippen molar-refractivity contribution in [2.24, 2.45) is 0 Å². The molecule has 8 heteroatoms. The molecule has 1 aliphatic heterocycles. The smallest absolute Gasteiger partial charge is 0.258 e. The molecule has 4 rings (SSSR count). The van der Waals surface area contributed by atoms with Gasteiger partial charge in [-0.25, -0.2) is 0 Å². The number of carbonyl (C=O) groups is 3. The van der Waals surface area contributed by atoms with Gasteiger partial charge in [-0.2, -0.15) is 0 Å². The van der Waals surface area contributed by atoms with E-state index in [9.17, 15) is 14.4 Å². The van der Waals surface area contributed by atoms with Crippen LogP contribution in [0.3, 0.4) is 0 Å². The SMILES string of the molecule is CCCCNC(=O)c1ccc2c(c1)/C(=C(/Nc1ccc(N(CCN(C)C)C(=O)CC)cc1)c1ccccc1)C(=O)N2. The number of hydrogen-bond donors (Lipinski definition) is 3. The van der Waals surface area contributed by atoms with Crippen LogP contribution in [0.25, 0.3) is 11.3 Å². The maximum absolute atomic E-state index is 13.3. The summed E-state index contributed by atoms with van der Waals surface area (Å²) in [5.74, 6) is -0.339. The second kappa shape index (κ2) is 13.8. The molecule has 3 amide bonds. The molecule has 0 aliphatic carbocycles. The molecular weight excluding hydrogens is 514 g/mol. The molecular formula is C33H39N5O3. The Morgan fingerprint density at radius 2 is 1.61 bits per heavy atom. The zero-order valence-electron chi connectivity index (χ0n) is 24.3. The number of nitrogens with one attached hydrogen (secondary N) is 3. The van der Waals surface area contributed by atoms with Crippen LogP contribution in [0, 0.1) is 0 Å². The minimum atomic E-state index is -0.241. The lowest BCUT2D eigenvalue weighted by Gasteiger charge is -2.24. The number of nitrogens with zero attached hydrogens (tertiary/aromatic N) is 2. The van der Waals surface area contributed by atoms with Crippen molar-refractivity contribution in [1.29, 1.82) is 0 Å². The molecule has 0 atom stereocenters. The molecule has 3 aromatic rings. The fourth-order valence-electron chi connectivity index (χ4n) is 4.68. The molecule has 1 aliphatic rings. The van der Waals surface area contributed by atoms with Crippen molar-refractivity contribution in [2.75, 3.05) is 49.3 Å². The molecule has 1 heterocycles. The molecule has 0 aromatic heterocycles. The summed E-state index contributed by atoms with van der Waals surface area (Å²) in [6.45, 7) is 5.90. The number of anilines is 3. The molecule has 3 N–H and O–H groups in total. The molecule has 0 unspecified atom stereocenters. The van der Waals surface area contributed by atoms with Crippen LogP contribution >= 0.6 is 0 Å². The van der Waals surface area contributed by atoms with Gasteiger partial charge in [0.2, 0.25) is 5.91 Å². The van der Waals surface area contributed by atoms with E-state index in [2.05, 4.69) is 27.8 Å². The van der Waals surface area contributed by atoms with Crippen LogP contribution in [0.4, 0.5) is 17.1 Å². The van der Waals surface area contributed by atoms with E-state index in [0.29, 0.717) is 47.6 Å². The summed E-state index contributed by atoms with van der Waals surface area (Å²) >= 11 is 0. The van der Waals surface area contributed by atoms with Gasteiger partial charge in [0.1, 0.15) is 0 Å². The fraction of sp³-hybridized carbons (Fsp3) is 0.303. The number of amides is 3. The van der Waals surface area contributed by atoms with Crippen molar-refractivity contribution >= 4 is 46.1 Å². The van der Waals surface area contributed by atoms with E-state index in [4.69, 9.17) is 0 Å². The summed E-state index contributed by atoms with van der Waals surface area (Å²) < 4.78 is 0. The zero-order valence-corrected chi connectivity index (χ0v) is 24.3. The molecule has 214 valence electrons. The molecule has 0 saturated heterocycles. The maximum Gasteiger partial charge on any atom is 0.258 e. The van der Waals surface area contributed by atoms with Crippen molar-refractivity contribution in [2.45, 2.75) is 33.1 Å². The largest absolute Gasteiger partial charge is 0.354 e. The van der Waals surface area contributed by atoms with Crippen molar-refractivity contribution in [1.82, 2.24) is 10.2 Å². The van der Waals surface area contributed by atoms with Gasteiger partial charge < -0.3 is 25.8 Å². The minimum absolute atomic E-state index is 0.0634. The highest BCUT2D eigenvalue weighted by molar-refractivity contribution is 6.37. The first-order valence-corrected chi connectivity index (χ1v) is 14.2. The summed E-state index contributed by atoms with van der Waals surface area (Å²) in [4.78, 5) is 42.7. The third-order valence-corrected chi connectivity index (χ3v) is 6.98. The molecule has 0 saturated carbocycles. The van der Waals surface area contributed by atoms with Gasteiger partial charge in [0.25, 0.3) is 11.8 Å². The molecule has 8 nitrogen and oxygen atoms in total. The number of benzene rings is 3. The highest BCUT2D eigenvalue weighted by Gasteiger charge is 2.29. The first-order valence-electron chi connectivity index (χ1n) is 14.2. The predicted octanol–water partition coefficient (Wildman–Crippen LogP) is 5.45. The fourth-order valence-corrected chi connectivity index (χ4v) is 4.68. The monoisotopic (exact) mass is 553 g/mol. The summed E-state index contributed by atoms with van der Waals surface area (Å²) in [6, 6.07) is 22.6. The third-order valence-electron chi connectivity index (χ3n) is 6.98. The van der Waals surface area contributed by atoms with Crippen LogP contribution in [0.15, 0.2) is 72.8 Å². The van der Waals surface area contributed by atoms with Gasteiger partial charge in [0, 0.05) is 54.2 Å². The minimum Gasteiger partial charge on any atom is -0.354 e. The summed E-state index contributed by atoms with van der Waals surface area (Å²) in [5, 5.41) is 9.37. The van der Waals surface area contributed by atoms with Gasteiger partial charge in [-0.15, -0.1) is 0 Å².